The number of aliphatic hydroxyl groups excluding tert-OH is 1. The number of benzene rings is 2. The second-order valence-electron chi connectivity index (χ2n) is 5.83. The van der Waals surface area contributed by atoms with Gasteiger partial charge < -0.3 is 20.1 Å². The predicted octanol–water partition coefficient (Wildman–Crippen LogP) is 2.88. The van der Waals surface area contributed by atoms with Gasteiger partial charge in [-0.05, 0) is 47.9 Å². The third kappa shape index (κ3) is 3.83. The first kappa shape index (κ1) is 17.0. The number of ether oxygens (including phenoxy) is 1. The first-order chi connectivity index (χ1) is 12.2. The average molecular weight is 338 g/mol. The van der Waals surface area contributed by atoms with Crippen molar-refractivity contribution in [1.82, 2.24) is 10.3 Å². The summed E-state index contributed by atoms with van der Waals surface area (Å²) in [6.07, 6.45) is 1.01. The van der Waals surface area contributed by atoms with Gasteiger partial charge in [0, 0.05) is 29.6 Å². The van der Waals surface area contributed by atoms with Crippen molar-refractivity contribution in [2.75, 3.05) is 20.3 Å². The summed E-state index contributed by atoms with van der Waals surface area (Å²) in [5.74, 6) is 0.754. The second kappa shape index (κ2) is 7.85. The molecule has 130 valence electrons. The Kier molecular flexibility index (Phi) is 5.36. The molecule has 0 spiro atoms. The Hall–Kier alpha value is -2.79. The fourth-order valence-electron chi connectivity index (χ4n) is 2.99. The Bertz CT molecular complexity index is 853. The van der Waals surface area contributed by atoms with Crippen molar-refractivity contribution in [2.45, 2.75) is 12.8 Å². The normalized spacial score (nSPS) is 10.8. The highest BCUT2D eigenvalue weighted by atomic mass is 16.5. The minimum Gasteiger partial charge on any atom is -0.497 e. The number of nitrogens with one attached hydrogen (secondary N) is 2. The monoisotopic (exact) mass is 338 g/mol. The summed E-state index contributed by atoms with van der Waals surface area (Å²) in [5.41, 5.74) is 4.26. The number of methoxy groups -OCH3 is 1. The molecular formula is C20H22N2O3. The highest BCUT2D eigenvalue weighted by Gasteiger charge is 2.14. The minimum atomic E-state index is -0.0555. The topological polar surface area (TPSA) is 74.4 Å². The molecule has 0 saturated heterocycles. The Morgan fingerprint density at radius 3 is 2.64 bits per heavy atom. The zero-order valence-corrected chi connectivity index (χ0v) is 14.2. The van der Waals surface area contributed by atoms with E-state index in [0.29, 0.717) is 12.8 Å². The van der Waals surface area contributed by atoms with Crippen LogP contribution in [0.1, 0.15) is 12.0 Å². The van der Waals surface area contributed by atoms with Crippen LogP contribution < -0.4 is 10.1 Å². The number of rotatable bonds is 7. The summed E-state index contributed by atoms with van der Waals surface area (Å²) in [5, 5.41) is 12.6. The molecule has 0 radical (unpaired) electrons. The van der Waals surface area contributed by atoms with Gasteiger partial charge in [0.1, 0.15) is 5.75 Å². The number of hydrogen-bond acceptors (Lipinski definition) is 3. The van der Waals surface area contributed by atoms with Crippen molar-refractivity contribution in [2.24, 2.45) is 0 Å². The van der Waals surface area contributed by atoms with E-state index < -0.39 is 0 Å². The number of aromatic nitrogens is 1. The van der Waals surface area contributed by atoms with E-state index in [9.17, 15) is 4.79 Å². The molecule has 0 aliphatic heterocycles. The number of fused-ring (bicyclic) bond motifs is 1. The number of amides is 1. The van der Waals surface area contributed by atoms with Crippen LogP contribution in [-0.2, 0) is 11.2 Å². The van der Waals surface area contributed by atoms with Gasteiger partial charge in [0.15, 0.2) is 0 Å². The van der Waals surface area contributed by atoms with Gasteiger partial charge in [0.25, 0.3) is 0 Å². The van der Waals surface area contributed by atoms with Gasteiger partial charge >= 0.3 is 0 Å². The minimum absolute atomic E-state index is 0.0457. The van der Waals surface area contributed by atoms with Crippen LogP contribution in [0.15, 0.2) is 48.5 Å². The first-order valence-electron chi connectivity index (χ1n) is 8.34. The molecule has 3 aromatic rings. The number of aliphatic hydroxyl groups is 1. The molecule has 0 aliphatic carbocycles. The summed E-state index contributed by atoms with van der Waals surface area (Å²) >= 11 is 0. The van der Waals surface area contributed by atoms with Crippen LogP contribution in [0.25, 0.3) is 22.2 Å². The van der Waals surface area contributed by atoms with Crippen LogP contribution >= 0.6 is 0 Å². The number of carbonyl (C=O) groups is 1. The van der Waals surface area contributed by atoms with Crippen LogP contribution in [0, 0.1) is 0 Å². The van der Waals surface area contributed by atoms with Gasteiger partial charge in [-0.3, -0.25) is 4.79 Å². The molecule has 2 aromatic carbocycles. The Morgan fingerprint density at radius 2 is 1.92 bits per heavy atom. The van der Waals surface area contributed by atoms with Gasteiger partial charge in [-0.25, -0.2) is 0 Å². The molecule has 5 heteroatoms. The van der Waals surface area contributed by atoms with E-state index in [-0.39, 0.29) is 19.1 Å². The maximum Gasteiger partial charge on any atom is 0.220 e. The lowest BCUT2D eigenvalue weighted by molar-refractivity contribution is -0.121. The Labute approximate surface area is 146 Å². The molecule has 1 heterocycles. The lowest BCUT2D eigenvalue weighted by atomic mass is 10.0. The number of aromatic amines is 1. The van der Waals surface area contributed by atoms with E-state index in [1.807, 2.05) is 42.5 Å². The van der Waals surface area contributed by atoms with Gasteiger partial charge in [-0.15, -0.1) is 0 Å². The maximum absolute atomic E-state index is 11.9. The van der Waals surface area contributed by atoms with Gasteiger partial charge in [-0.2, -0.15) is 0 Å². The van der Waals surface area contributed by atoms with E-state index in [2.05, 4.69) is 16.4 Å². The van der Waals surface area contributed by atoms with Gasteiger partial charge in [0.05, 0.1) is 13.7 Å². The van der Waals surface area contributed by atoms with Crippen LogP contribution in [0.3, 0.4) is 0 Å². The Morgan fingerprint density at radius 1 is 1.16 bits per heavy atom. The van der Waals surface area contributed by atoms with Crippen LogP contribution in [0.2, 0.25) is 0 Å². The molecule has 3 N–H and O–H groups in total. The molecule has 5 nitrogen and oxygen atoms in total. The zero-order chi connectivity index (χ0) is 17.6. The van der Waals surface area contributed by atoms with E-state index >= 15 is 0 Å². The summed E-state index contributed by atoms with van der Waals surface area (Å²) < 4.78 is 5.23. The fourth-order valence-corrected chi connectivity index (χ4v) is 2.99. The van der Waals surface area contributed by atoms with E-state index in [4.69, 9.17) is 9.84 Å². The smallest absolute Gasteiger partial charge is 0.220 e. The highest BCUT2D eigenvalue weighted by Crippen LogP contribution is 2.32. The molecule has 1 amide bonds. The molecule has 0 saturated carbocycles. The summed E-state index contributed by atoms with van der Waals surface area (Å²) in [7, 11) is 1.65. The molecule has 3 rings (SSSR count). The third-order valence-corrected chi connectivity index (χ3v) is 4.23. The van der Waals surface area contributed by atoms with Crippen molar-refractivity contribution in [3.63, 3.8) is 0 Å². The third-order valence-electron chi connectivity index (χ3n) is 4.23. The van der Waals surface area contributed by atoms with Crippen molar-refractivity contribution in [3.8, 4) is 17.0 Å². The van der Waals surface area contributed by atoms with Crippen molar-refractivity contribution >= 4 is 16.8 Å². The van der Waals surface area contributed by atoms with E-state index in [0.717, 1.165) is 33.5 Å². The number of H-pyrrole nitrogens is 1. The molecule has 0 aliphatic rings. The summed E-state index contributed by atoms with van der Waals surface area (Å²) in [6.45, 7) is 0.244. The van der Waals surface area contributed by atoms with Gasteiger partial charge in [0.2, 0.25) is 5.91 Å². The second-order valence-corrected chi connectivity index (χ2v) is 5.83. The largest absolute Gasteiger partial charge is 0.497 e. The lowest BCUT2D eigenvalue weighted by Gasteiger charge is -2.07. The molecule has 0 fully saturated rings. The number of hydrogen-bond donors (Lipinski definition) is 3. The predicted molar refractivity (Wildman–Crippen MR) is 98.7 cm³/mol. The van der Waals surface area contributed by atoms with Crippen molar-refractivity contribution in [1.29, 1.82) is 0 Å². The van der Waals surface area contributed by atoms with Crippen LogP contribution in [0.5, 0.6) is 5.75 Å². The molecule has 0 bridgehead atoms. The quantitative estimate of drug-likeness (QED) is 0.620. The molecule has 0 unspecified atom stereocenters. The first-order valence-corrected chi connectivity index (χ1v) is 8.34. The number of para-hydroxylation sites is 1. The zero-order valence-electron chi connectivity index (χ0n) is 14.2. The van der Waals surface area contributed by atoms with E-state index in [1.54, 1.807) is 7.11 Å². The molecule has 0 atom stereocenters. The SMILES string of the molecule is COc1ccc(-c2[nH]c3ccccc3c2CCC(=O)NCCO)cc1. The number of aryl methyl sites for hydroxylation is 1. The van der Waals surface area contributed by atoms with Crippen molar-refractivity contribution < 1.29 is 14.6 Å². The fraction of sp³-hybridized carbons (Fsp3) is 0.250. The standard InChI is InChI=1S/C20H22N2O3/c1-25-15-8-6-14(7-9-15)20-17(10-11-19(24)21-12-13-23)16-4-2-3-5-18(16)22-20/h2-9,22-23H,10-13H2,1H3,(H,21,24). The number of carbonyl (C=O) groups excluding carboxylic acids is 1. The maximum atomic E-state index is 11.9. The Balaban J connectivity index is 1.92. The lowest BCUT2D eigenvalue weighted by Crippen LogP contribution is -2.26. The van der Waals surface area contributed by atoms with Crippen molar-refractivity contribution in [3.05, 3.63) is 54.1 Å². The molecular weight excluding hydrogens is 316 g/mol. The van der Waals surface area contributed by atoms with Crippen LogP contribution in [-0.4, -0.2) is 36.3 Å². The van der Waals surface area contributed by atoms with E-state index in [1.165, 1.54) is 0 Å². The highest BCUT2D eigenvalue weighted by molar-refractivity contribution is 5.91. The average Bonchev–Trinajstić information content (AvgIpc) is 3.03. The van der Waals surface area contributed by atoms with Gasteiger partial charge in [-0.1, -0.05) is 18.2 Å². The molecule has 25 heavy (non-hydrogen) atoms. The summed E-state index contributed by atoms with van der Waals surface area (Å²) in [4.78, 5) is 15.4. The van der Waals surface area contributed by atoms with Crippen LogP contribution in [0.4, 0.5) is 0 Å². The molecule has 1 aromatic heterocycles. The summed E-state index contributed by atoms with van der Waals surface area (Å²) in [6, 6.07) is 16.0.